The third kappa shape index (κ3) is 3.96. The van der Waals surface area contributed by atoms with E-state index >= 15 is 0 Å². The van der Waals surface area contributed by atoms with Crippen LogP contribution in [-0.4, -0.2) is 20.3 Å². The zero-order valence-electron chi connectivity index (χ0n) is 12.5. The Labute approximate surface area is 118 Å². The standard InChI is InChI=1S/C15H22F3NO/c1-14(2,3)13(20-5)12(19-4)10-7-6-8-11(9-10)15(16,17)18/h6-9,12-13,19H,1-5H3. The Balaban J connectivity index is 3.19. The highest BCUT2D eigenvalue weighted by Crippen LogP contribution is 2.35. The molecule has 2 atom stereocenters. The molecule has 0 saturated carbocycles. The molecule has 20 heavy (non-hydrogen) atoms. The second-order valence-corrected chi connectivity index (χ2v) is 5.91. The monoisotopic (exact) mass is 289 g/mol. The third-order valence-electron chi connectivity index (χ3n) is 3.29. The number of rotatable bonds is 4. The van der Waals surface area contributed by atoms with Crippen LogP contribution in [0.15, 0.2) is 24.3 Å². The third-order valence-corrected chi connectivity index (χ3v) is 3.29. The van der Waals surface area contributed by atoms with Gasteiger partial charge >= 0.3 is 6.18 Å². The van der Waals surface area contributed by atoms with Gasteiger partial charge in [-0.1, -0.05) is 32.9 Å². The molecule has 1 N–H and O–H groups in total. The largest absolute Gasteiger partial charge is 0.416 e. The van der Waals surface area contributed by atoms with Gasteiger partial charge in [0.25, 0.3) is 0 Å². The number of alkyl halides is 3. The quantitative estimate of drug-likeness (QED) is 0.903. The molecule has 0 aliphatic carbocycles. The van der Waals surface area contributed by atoms with Crippen molar-refractivity contribution in [1.29, 1.82) is 0 Å². The maximum atomic E-state index is 12.8. The molecule has 2 unspecified atom stereocenters. The van der Waals surface area contributed by atoms with Crippen LogP contribution in [0.4, 0.5) is 13.2 Å². The van der Waals surface area contributed by atoms with Crippen LogP contribution in [0.2, 0.25) is 0 Å². The van der Waals surface area contributed by atoms with Crippen LogP contribution in [0.1, 0.15) is 37.9 Å². The van der Waals surface area contributed by atoms with Gasteiger partial charge in [0, 0.05) is 7.11 Å². The summed E-state index contributed by atoms with van der Waals surface area (Å²) in [6, 6.07) is 5.07. The van der Waals surface area contributed by atoms with Crippen molar-refractivity contribution in [1.82, 2.24) is 5.32 Å². The van der Waals surface area contributed by atoms with E-state index in [9.17, 15) is 13.2 Å². The van der Waals surface area contributed by atoms with E-state index in [4.69, 9.17) is 4.74 Å². The van der Waals surface area contributed by atoms with Gasteiger partial charge in [0.2, 0.25) is 0 Å². The number of hydrogen-bond donors (Lipinski definition) is 1. The van der Waals surface area contributed by atoms with Gasteiger partial charge in [-0.3, -0.25) is 0 Å². The molecule has 0 saturated heterocycles. The number of benzene rings is 1. The first kappa shape index (κ1) is 17.0. The molecule has 0 bridgehead atoms. The number of hydrogen-bond acceptors (Lipinski definition) is 2. The highest BCUT2D eigenvalue weighted by molar-refractivity contribution is 5.29. The van der Waals surface area contributed by atoms with Gasteiger partial charge < -0.3 is 10.1 Å². The first-order chi connectivity index (χ1) is 9.11. The summed E-state index contributed by atoms with van der Waals surface area (Å²) in [5.74, 6) is 0. The zero-order valence-corrected chi connectivity index (χ0v) is 12.5. The topological polar surface area (TPSA) is 21.3 Å². The fourth-order valence-electron chi connectivity index (χ4n) is 2.39. The molecule has 0 heterocycles. The van der Waals surface area contributed by atoms with Crippen molar-refractivity contribution >= 4 is 0 Å². The lowest BCUT2D eigenvalue weighted by Crippen LogP contribution is -2.40. The summed E-state index contributed by atoms with van der Waals surface area (Å²) in [5, 5.41) is 3.06. The summed E-state index contributed by atoms with van der Waals surface area (Å²) < 4.78 is 43.9. The maximum Gasteiger partial charge on any atom is 0.416 e. The Kier molecular flexibility index (Phi) is 5.21. The predicted molar refractivity (Wildman–Crippen MR) is 73.5 cm³/mol. The van der Waals surface area contributed by atoms with Crippen LogP contribution in [0.5, 0.6) is 0 Å². The molecule has 1 rings (SSSR count). The predicted octanol–water partition coefficient (Wildman–Crippen LogP) is 4.03. The van der Waals surface area contributed by atoms with Crippen molar-refractivity contribution in [3.8, 4) is 0 Å². The van der Waals surface area contributed by atoms with Crippen LogP contribution in [0.25, 0.3) is 0 Å². The molecule has 5 heteroatoms. The van der Waals surface area contributed by atoms with E-state index in [0.29, 0.717) is 5.56 Å². The lowest BCUT2D eigenvalue weighted by molar-refractivity contribution is -0.137. The molecule has 2 nitrogen and oxygen atoms in total. The Hall–Kier alpha value is -1.07. The molecule has 0 fully saturated rings. The van der Waals surface area contributed by atoms with Crippen molar-refractivity contribution < 1.29 is 17.9 Å². The molecule has 114 valence electrons. The number of halogens is 3. The van der Waals surface area contributed by atoms with Gasteiger partial charge in [-0.05, 0) is 30.2 Å². The molecule has 1 aromatic carbocycles. The Morgan fingerprint density at radius 2 is 1.75 bits per heavy atom. The average molecular weight is 289 g/mol. The maximum absolute atomic E-state index is 12.8. The molecule has 0 radical (unpaired) electrons. The number of methoxy groups -OCH3 is 1. The first-order valence-electron chi connectivity index (χ1n) is 6.48. The van der Waals surface area contributed by atoms with E-state index in [1.54, 1.807) is 20.2 Å². The van der Waals surface area contributed by atoms with Crippen LogP contribution in [0.3, 0.4) is 0 Å². The van der Waals surface area contributed by atoms with Crippen LogP contribution in [0, 0.1) is 5.41 Å². The zero-order chi connectivity index (χ0) is 15.6. The number of nitrogens with one attached hydrogen (secondary N) is 1. The SMILES string of the molecule is CNC(c1cccc(C(F)(F)F)c1)C(OC)C(C)(C)C. The Bertz CT molecular complexity index is 437. The van der Waals surface area contributed by atoms with Crippen molar-refractivity contribution in [2.24, 2.45) is 5.41 Å². The summed E-state index contributed by atoms with van der Waals surface area (Å²) in [6.07, 6.45) is -4.57. The fraction of sp³-hybridized carbons (Fsp3) is 0.600. The molecule has 0 spiro atoms. The fourth-order valence-corrected chi connectivity index (χ4v) is 2.39. The molecular formula is C15H22F3NO. The van der Waals surface area contributed by atoms with Crippen molar-refractivity contribution in [2.75, 3.05) is 14.2 Å². The van der Waals surface area contributed by atoms with Gasteiger partial charge in [0.15, 0.2) is 0 Å². The Morgan fingerprint density at radius 3 is 2.15 bits per heavy atom. The summed E-state index contributed by atoms with van der Waals surface area (Å²) >= 11 is 0. The van der Waals surface area contributed by atoms with Gasteiger partial charge in [0.05, 0.1) is 17.7 Å². The van der Waals surface area contributed by atoms with E-state index in [2.05, 4.69) is 5.32 Å². The van der Waals surface area contributed by atoms with Crippen molar-refractivity contribution in [3.05, 3.63) is 35.4 Å². The minimum atomic E-state index is -4.33. The first-order valence-corrected chi connectivity index (χ1v) is 6.48. The summed E-state index contributed by atoms with van der Waals surface area (Å²) in [4.78, 5) is 0. The number of ether oxygens (including phenoxy) is 1. The second kappa shape index (κ2) is 6.14. The average Bonchev–Trinajstić information content (AvgIpc) is 2.33. The molecule has 0 aliphatic rings. The summed E-state index contributed by atoms with van der Waals surface area (Å²) in [6.45, 7) is 6.00. The number of likely N-dealkylation sites (N-methyl/N-ethyl adjacent to an activating group) is 1. The molecule has 0 aromatic heterocycles. The highest BCUT2D eigenvalue weighted by Gasteiger charge is 2.35. The molecule has 0 aliphatic heterocycles. The van der Waals surface area contributed by atoms with Gasteiger partial charge in [-0.25, -0.2) is 0 Å². The van der Waals surface area contributed by atoms with Gasteiger partial charge in [-0.2, -0.15) is 13.2 Å². The van der Waals surface area contributed by atoms with E-state index in [-0.39, 0.29) is 17.6 Å². The van der Waals surface area contributed by atoms with Gasteiger partial charge in [-0.15, -0.1) is 0 Å². The smallest absolute Gasteiger partial charge is 0.379 e. The molecule has 0 amide bonds. The van der Waals surface area contributed by atoms with Crippen molar-refractivity contribution in [2.45, 2.75) is 39.1 Å². The minimum Gasteiger partial charge on any atom is -0.379 e. The lowest BCUT2D eigenvalue weighted by atomic mass is 9.81. The lowest BCUT2D eigenvalue weighted by Gasteiger charge is -2.36. The van der Waals surface area contributed by atoms with E-state index in [0.717, 1.165) is 6.07 Å². The second-order valence-electron chi connectivity index (χ2n) is 5.91. The van der Waals surface area contributed by atoms with Gasteiger partial charge in [0.1, 0.15) is 0 Å². The summed E-state index contributed by atoms with van der Waals surface area (Å²) in [5.41, 5.74) is -0.264. The Morgan fingerprint density at radius 1 is 1.15 bits per heavy atom. The van der Waals surface area contributed by atoms with Crippen LogP contribution in [-0.2, 0) is 10.9 Å². The minimum absolute atomic E-state index is 0.198. The highest BCUT2D eigenvalue weighted by atomic mass is 19.4. The van der Waals surface area contributed by atoms with Crippen LogP contribution >= 0.6 is 0 Å². The van der Waals surface area contributed by atoms with Crippen LogP contribution < -0.4 is 5.32 Å². The molecule has 1 aromatic rings. The summed E-state index contributed by atoms with van der Waals surface area (Å²) in [7, 11) is 3.30. The normalized spacial score (nSPS) is 16.0. The van der Waals surface area contributed by atoms with E-state index in [1.165, 1.54) is 12.1 Å². The van der Waals surface area contributed by atoms with Crippen molar-refractivity contribution in [3.63, 3.8) is 0 Å². The van der Waals surface area contributed by atoms with E-state index < -0.39 is 11.7 Å². The molecular weight excluding hydrogens is 267 g/mol. The van der Waals surface area contributed by atoms with E-state index in [1.807, 2.05) is 20.8 Å².